The third-order valence-electron chi connectivity index (χ3n) is 6.19. The molecule has 3 rings (SSSR count). The fourth-order valence-corrected chi connectivity index (χ4v) is 5.53. The minimum atomic E-state index is -4.05. The summed E-state index contributed by atoms with van der Waals surface area (Å²) in [7, 11) is -4.05. The van der Waals surface area contributed by atoms with E-state index in [9.17, 15) is 18.0 Å². The number of sulfonamides is 1. The maximum atomic E-state index is 13.9. The lowest BCUT2D eigenvalue weighted by molar-refractivity contribution is -0.140. The number of carbonyl (C=O) groups excluding carboxylic acids is 2. The molecule has 3 aromatic carbocycles. The van der Waals surface area contributed by atoms with E-state index in [0.717, 1.165) is 21.9 Å². The van der Waals surface area contributed by atoms with Crippen LogP contribution in [0.3, 0.4) is 0 Å². The van der Waals surface area contributed by atoms with Crippen molar-refractivity contribution in [3.05, 3.63) is 96.1 Å². The van der Waals surface area contributed by atoms with Crippen LogP contribution in [0, 0.1) is 6.92 Å². The SMILES string of the molecule is CCCNC(=O)[C@H](CC)N(Cc1ccccc1C)C(=O)CN(c1ccccc1)S(=O)(=O)c1ccccc1. The van der Waals surface area contributed by atoms with Crippen molar-refractivity contribution in [2.75, 3.05) is 17.4 Å². The predicted molar refractivity (Wildman–Crippen MR) is 147 cm³/mol. The summed E-state index contributed by atoms with van der Waals surface area (Å²) < 4.78 is 28.5. The highest BCUT2D eigenvalue weighted by atomic mass is 32.2. The highest BCUT2D eigenvalue weighted by molar-refractivity contribution is 7.92. The Morgan fingerprint density at radius 3 is 2.05 bits per heavy atom. The maximum Gasteiger partial charge on any atom is 0.264 e. The predicted octanol–water partition coefficient (Wildman–Crippen LogP) is 4.52. The Kier molecular flexibility index (Phi) is 9.85. The number of anilines is 1. The monoisotopic (exact) mass is 521 g/mol. The Labute approximate surface area is 220 Å². The quantitative estimate of drug-likeness (QED) is 0.380. The second kappa shape index (κ2) is 13.1. The summed E-state index contributed by atoms with van der Waals surface area (Å²) in [5, 5.41) is 2.90. The molecule has 0 saturated heterocycles. The molecule has 1 N–H and O–H groups in total. The molecule has 0 unspecified atom stereocenters. The molecule has 0 spiro atoms. The molecule has 0 radical (unpaired) electrons. The van der Waals surface area contributed by atoms with E-state index in [1.807, 2.05) is 45.0 Å². The Morgan fingerprint density at radius 1 is 0.865 bits per heavy atom. The molecule has 37 heavy (non-hydrogen) atoms. The second-order valence-electron chi connectivity index (χ2n) is 8.82. The van der Waals surface area contributed by atoms with E-state index in [1.54, 1.807) is 48.5 Å². The van der Waals surface area contributed by atoms with Crippen molar-refractivity contribution < 1.29 is 18.0 Å². The van der Waals surface area contributed by atoms with Crippen molar-refractivity contribution in [3.63, 3.8) is 0 Å². The van der Waals surface area contributed by atoms with Crippen LogP contribution in [0.5, 0.6) is 0 Å². The van der Waals surface area contributed by atoms with Gasteiger partial charge in [-0.3, -0.25) is 13.9 Å². The molecule has 2 amide bonds. The van der Waals surface area contributed by atoms with Gasteiger partial charge in [0.2, 0.25) is 11.8 Å². The molecule has 0 aliphatic heterocycles. The van der Waals surface area contributed by atoms with Gasteiger partial charge in [-0.1, -0.05) is 74.5 Å². The Hall–Kier alpha value is -3.65. The molecule has 0 aromatic heterocycles. The number of hydrogen-bond donors (Lipinski definition) is 1. The molecule has 0 heterocycles. The van der Waals surface area contributed by atoms with E-state index in [-0.39, 0.29) is 17.3 Å². The van der Waals surface area contributed by atoms with E-state index < -0.39 is 28.5 Å². The number of carbonyl (C=O) groups is 2. The van der Waals surface area contributed by atoms with Gasteiger partial charge in [0.05, 0.1) is 10.6 Å². The number of benzene rings is 3. The number of amides is 2. The summed E-state index contributed by atoms with van der Waals surface area (Å²) in [6.07, 6.45) is 1.16. The van der Waals surface area contributed by atoms with Gasteiger partial charge in [0.25, 0.3) is 10.0 Å². The molecule has 0 fully saturated rings. The van der Waals surface area contributed by atoms with Gasteiger partial charge in [-0.15, -0.1) is 0 Å². The van der Waals surface area contributed by atoms with Crippen molar-refractivity contribution in [1.82, 2.24) is 10.2 Å². The van der Waals surface area contributed by atoms with Crippen LogP contribution in [0.25, 0.3) is 0 Å². The van der Waals surface area contributed by atoms with Crippen LogP contribution in [0.4, 0.5) is 5.69 Å². The van der Waals surface area contributed by atoms with E-state index in [0.29, 0.717) is 18.7 Å². The van der Waals surface area contributed by atoms with Crippen LogP contribution in [-0.2, 0) is 26.2 Å². The standard InChI is InChI=1S/C29H35N3O4S/c1-4-20-30-29(34)27(5-2)31(21-24-15-13-12-14-23(24)3)28(33)22-32(25-16-8-6-9-17-25)37(35,36)26-18-10-7-11-19-26/h6-19,27H,4-5,20-22H2,1-3H3,(H,30,34)/t27-/m0/s1. The first-order chi connectivity index (χ1) is 17.8. The number of rotatable bonds is 12. The topological polar surface area (TPSA) is 86.8 Å². The molecule has 0 saturated carbocycles. The van der Waals surface area contributed by atoms with E-state index in [2.05, 4.69) is 5.32 Å². The van der Waals surface area contributed by atoms with Crippen molar-refractivity contribution in [1.29, 1.82) is 0 Å². The minimum Gasteiger partial charge on any atom is -0.354 e. The summed E-state index contributed by atoms with van der Waals surface area (Å²) in [5.41, 5.74) is 2.26. The van der Waals surface area contributed by atoms with E-state index in [1.165, 1.54) is 17.0 Å². The molecule has 1 atom stereocenters. The summed E-state index contributed by atoms with van der Waals surface area (Å²) in [6, 6.07) is 23.5. The van der Waals surface area contributed by atoms with Gasteiger partial charge in [0.15, 0.2) is 0 Å². The summed E-state index contributed by atoms with van der Waals surface area (Å²) in [5.74, 6) is -0.700. The van der Waals surface area contributed by atoms with Crippen LogP contribution >= 0.6 is 0 Å². The molecule has 8 heteroatoms. The van der Waals surface area contributed by atoms with Crippen LogP contribution in [0.15, 0.2) is 89.8 Å². The molecule has 0 bridgehead atoms. The van der Waals surface area contributed by atoms with Gasteiger partial charge in [-0.25, -0.2) is 8.42 Å². The number of nitrogens with one attached hydrogen (secondary N) is 1. The molecule has 7 nitrogen and oxygen atoms in total. The Bertz CT molecular complexity index is 1280. The normalized spacial score (nSPS) is 12.0. The third kappa shape index (κ3) is 6.98. The third-order valence-corrected chi connectivity index (χ3v) is 7.98. The van der Waals surface area contributed by atoms with Gasteiger partial charge in [0, 0.05) is 13.1 Å². The largest absolute Gasteiger partial charge is 0.354 e. The lowest BCUT2D eigenvalue weighted by Crippen LogP contribution is -2.52. The lowest BCUT2D eigenvalue weighted by Gasteiger charge is -2.33. The van der Waals surface area contributed by atoms with Crippen LogP contribution in [0.2, 0.25) is 0 Å². The second-order valence-corrected chi connectivity index (χ2v) is 10.7. The maximum absolute atomic E-state index is 13.9. The van der Waals surface area contributed by atoms with Gasteiger partial charge in [-0.05, 0) is 55.2 Å². The molecule has 196 valence electrons. The fourth-order valence-electron chi connectivity index (χ4n) is 4.10. The molecule has 3 aromatic rings. The zero-order valence-corrected chi connectivity index (χ0v) is 22.4. The Morgan fingerprint density at radius 2 is 1.46 bits per heavy atom. The number of hydrogen-bond acceptors (Lipinski definition) is 4. The van der Waals surface area contributed by atoms with Gasteiger partial charge in [-0.2, -0.15) is 0 Å². The molecule has 0 aliphatic rings. The van der Waals surface area contributed by atoms with Crippen LogP contribution in [-0.4, -0.2) is 44.3 Å². The summed E-state index contributed by atoms with van der Waals surface area (Å²) in [4.78, 5) is 28.6. The van der Waals surface area contributed by atoms with Gasteiger partial charge in [0.1, 0.15) is 12.6 Å². The smallest absolute Gasteiger partial charge is 0.264 e. The first-order valence-electron chi connectivity index (χ1n) is 12.5. The average Bonchev–Trinajstić information content (AvgIpc) is 2.92. The highest BCUT2D eigenvalue weighted by Crippen LogP contribution is 2.24. The van der Waals surface area contributed by atoms with Crippen LogP contribution < -0.4 is 9.62 Å². The van der Waals surface area contributed by atoms with Gasteiger partial charge < -0.3 is 10.2 Å². The summed E-state index contributed by atoms with van der Waals surface area (Å²) in [6.45, 7) is 6.02. The number of para-hydroxylation sites is 1. The zero-order chi connectivity index (χ0) is 26.8. The average molecular weight is 522 g/mol. The lowest BCUT2D eigenvalue weighted by atomic mass is 10.1. The highest BCUT2D eigenvalue weighted by Gasteiger charge is 2.33. The van der Waals surface area contributed by atoms with Gasteiger partial charge >= 0.3 is 0 Å². The first kappa shape index (κ1) is 27.9. The van der Waals surface area contributed by atoms with Crippen molar-refractivity contribution >= 4 is 27.5 Å². The van der Waals surface area contributed by atoms with Crippen molar-refractivity contribution in [3.8, 4) is 0 Å². The number of aryl methyl sites for hydroxylation is 1. The van der Waals surface area contributed by atoms with E-state index >= 15 is 0 Å². The Balaban J connectivity index is 2.02. The molecular formula is C29H35N3O4S. The summed E-state index contributed by atoms with van der Waals surface area (Å²) >= 11 is 0. The molecule has 0 aliphatic carbocycles. The molecular weight excluding hydrogens is 486 g/mol. The zero-order valence-electron chi connectivity index (χ0n) is 21.6. The van der Waals surface area contributed by atoms with Crippen molar-refractivity contribution in [2.45, 2.75) is 51.1 Å². The van der Waals surface area contributed by atoms with Crippen LogP contribution in [0.1, 0.15) is 37.8 Å². The fraction of sp³-hybridized carbons (Fsp3) is 0.310. The number of nitrogens with zero attached hydrogens (tertiary/aromatic N) is 2. The minimum absolute atomic E-state index is 0.0878. The van der Waals surface area contributed by atoms with E-state index in [4.69, 9.17) is 0 Å². The van der Waals surface area contributed by atoms with Crippen molar-refractivity contribution in [2.24, 2.45) is 0 Å². The first-order valence-corrected chi connectivity index (χ1v) is 14.0.